The van der Waals surface area contributed by atoms with Crippen LogP contribution < -0.4 is 10.2 Å². The first kappa shape index (κ1) is 18.7. The molecule has 0 spiro atoms. The normalized spacial score (nSPS) is 24.4. The summed E-state index contributed by atoms with van der Waals surface area (Å²) < 4.78 is 13.2. The van der Waals surface area contributed by atoms with Gasteiger partial charge in [0.25, 0.3) is 0 Å². The van der Waals surface area contributed by atoms with Crippen LogP contribution in [0, 0.1) is 31.0 Å². The van der Waals surface area contributed by atoms with E-state index in [1.54, 1.807) is 0 Å². The molecule has 0 atom stereocenters. The Morgan fingerprint density at radius 3 is 2.59 bits per heavy atom. The van der Waals surface area contributed by atoms with Gasteiger partial charge in [0.05, 0.1) is 0 Å². The van der Waals surface area contributed by atoms with Gasteiger partial charge in [-0.25, -0.2) is 4.39 Å². The zero-order chi connectivity index (χ0) is 20.2. The van der Waals surface area contributed by atoms with Crippen LogP contribution in [0.1, 0.15) is 54.4 Å². The summed E-state index contributed by atoms with van der Waals surface area (Å²) in [6.07, 6.45) is 6.56. The Kier molecular flexibility index (Phi) is 4.41. The van der Waals surface area contributed by atoms with Crippen LogP contribution in [-0.2, 0) is 17.8 Å². The van der Waals surface area contributed by atoms with E-state index in [1.807, 2.05) is 12.1 Å². The second-order valence-corrected chi connectivity index (χ2v) is 9.55. The summed E-state index contributed by atoms with van der Waals surface area (Å²) in [5.41, 5.74) is 7.37. The lowest BCUT2D eigenvalue weighted by Gasteiger charge is -2.61. The Balaban J connectivity index is 1.37. The molecule has 152 valence electrons. The first-order valence-electron chi connectivity index (χ1n) is 10.8. The number of aryl methyl sites for hydroxylation is 1. The first-order chi connectivity index (χ1) is 13.9. The average Bonchev–Trinajstić information content (AvgIpc) is 2.63. The molecule has 0 saturated heterocycles. The summed E-state index contributed by atoms with van der Waals surface area (Å²) in [7, 11) is 0. The van der Waals surface area contributed by atoms with Gasteiger partial charge in [0.1, 0.15) is 5.82 Å². The number of nitrogens with one attached hydrogen (secondary N) is 1. The fourth-order valence-electron chi connectivity index (χ4n) is 5.73. The molecule has 29 heavy (non-hydrogen) atoms. The van der Waals surface area contributed by atoms with Crippen molar-refractivity contribution in [2.75, 3.05) is 16.8 Å². The van der Waals surface area contributed by atoms with Crippen LogP contribution in [0.3, 0.4) is 0 Å². The Labute approximate surface area is 172 Å². The summed E-state index contributed by atoms with van der Waals surface area (Å²) in [6, 6.07) is 9.01. The molecule has 2 aromatic carbocycles. The van der Waals surface area contributed by atoms with Crippen molar-refractivity contribution in [1.29, 1.82) is 0 Å². The second-order valence-electron chi connectivity index (χ2n) is 9.55. The first-order valence-corrected chi connectivity index (χ1v) is 10.8. The van der Waals surface area contributed by atoms with Crippen LogP contribution >= 0.6 is 0 Å². The van der Waals surface area contributed by atoms with E-state index in [1.165, 1.54) is 48.2 Å². The fourth-order valence-corrected chi connectivity index (χ4v) is 5.73. The number of anilines is 2. The molecule has 3 fully saturated rings. The van der Waals surface area contributed by atoms with E-state index in [2.05, 4.69) is 30.1 Å². The number of benzene rings is 2. The molecule has 6 rings (SSSR count). The third kappa shape index (κ3) is 3.33. The smallest absolute Gasteiger partial charge is 0.224 e. The monoisotopic (exact) mass is 392 g/mol. The van der Waals surface area contributed by atoms with Crippen LogP contribution in [0.5, 0.6) is 0 Å². The Morgan fingerprint density at radius 1 is 1.21 bits per heavy atom. The van der Waals surface area contributed by atoms with E-state index >= 15 is 0 Å². The molecular formula is C25H29FN2O. The predicted molar refractivity (Wildman–Crippen MR) is 115 cm³/mol. The van der Waals surface area contributed by atoms with E-state index in [0.717, 1.165) is 48.7 Å². The Morgan fingerprint density at radius 2 is 1.93 bits per heavy atom. The van der Waals surface area contributed by atoms with E-state index in [-0.39, 0.29) is 11.7 Å². The highest BCUT2D eigenvalue weighted by molar-refractivity contribution is 5.94. The van der Waals surface area contributed by atoms with Crippen molar-refractivity contribution >= 4 is 17.3 Å². The van der Waals surface area contributed by atoms with Gasteiger partial charge in [0.2, 0.25) is 5.91 Å². The molecule has 1 heterocycles. The third-order valence-electron chi connectivity index (χ3n) is 7.33. The summed E-state index contributed by atoms with van der Waals surface area (Å²) in [4.78, 5) is 15.1. The van der Waals surface area contributed by atoms with Crippen molar-refractivity contribution in [1.82, 2.24) is 0 Å². The quantitative estimate of drug-likeness (QED) is 0.726. The highest BCUT2D eigenvalue weighted by Crippen LogP contribution is 2.66. The minimum absolute atomic E-state index is 0.174. The lowest BCUT2D eigenvalue weighted by molar-refractivity contribution is -0.139. The summed E-state index contributed by atoms with van der Waals surface area (Å²) >= 11 is 0. The van der Waals surface area contributed by atoms with Gasteiger partial charge in [-0.2, -0.15) is 0 Å². The van der Waals surface area contributed by atoms with Crippen molar-refractivity contribution < 1.29 is 9.18 Å². The van der Waals surface area contributed by atoms with Crippen molar-refractivity contribution in [3.63, 3.8) is 0 Å². The van der Waals surface area contributed by atoms with Gasteiger partial charge in [-0.15, -0.1) is 0 Å². The molecule has 4 heteroatoms. The molecule has 0 radical (unpaired) electrons. The predicted octanol–water partition coefficient (Wildman–Crippen LogP) is 5.52. The molecule has 2 aromatic rings. The van der Waals surface area contributed by atoms with Gasteiger partial charge in [-0.05, 0) is 97.7 Å². The van der Waals surface area contributed by atoms with E-state index in [4.69, 9.17) is 0 Å². The standard InChI is InChI=1S/C25H29FN2O/c1-16-10-22-21(4-3-9-28(22)15-18-5-7-20(26)8-6-18)17(2)24(16)27-23(29)14-25-11-19(12-25)13-25/h5-8,10,19H,3-4,9,11-15H2,1-2H3,(H,27,29). The SMILES string of the molecule is Cc1cc2c(c(C)c1NC(=O)CC13CC(C1)C3)CCCN2Cc1ccc(F)cc1. The van der Waals surface area contributed by atoms with Crippen LogP contribution in [0.25, 0.3) is 0 Å². The van der Waals surface area contributed by atoms with Crippen molar-refractivity contribution in [2.45, 2.75) is 58.9 Å². The largest absolute Gasteiger partial charge is 0.367 e. The third-order valence-corrected chi connectivity index (χ3v) is 7.33. The Bertz CT molecular complexity index is 949. The minimum atomic E-state index is -0.196. The number of hydrogen-bond acceptors (Lipinski definition) is 2. The molecule has 2 bridgehead atoms. The van der Waals surface area contributed by atoms with Gasteiger partial charge < -0.3 is 10.2 Å². The van der Waals surface area contributed by atoms with Gasteiger partial charge in [0.15, 0.2) is 0 Å². The summed E-state index contributed by atoms with van der Waals surface area (Å²) in [5, 5.41) is 3.25. The maximum atomic E-state index is 13.2. The number of carbonyl (C=O) groups is 1. The fraction of sp³-hybridized carbons (Fsp3) is 0.480. The molecule has 4 aliphatic rings. The molecule has 1 N–H and O–H groups in total. The number of amides is 1. The molecule has 3 saturated carbocycles. The number of carbonyl (C=O) groups excluding carboxylic acids is 1. The molecule has 3 nitrogen and oxygen atoms in total. The van der Waals surface area contributed by atoms with Crippen LogP contribution in [0.4, 0.5) is 15.8 Å². The van der Waals surface area contributed by atoms with Crippen LogP contribution in [0.2, 0.25) is 0 Å². The van der Waals surface area contributed by atoms with E-state index in [0.29, 0.717) is 11.8 Å². The highest BCUT2D eigenvalue weighted by atomic mass is 19.1. The topological polar surface area (TPSA) is 32.3 Å². The number of hydrogen-bond donors (Lipinski definition) is 1. The Hall–Kier alpha value is -2.36. The highest BCUT2D eigenvalue weighted by Gasteiger charge is 2.56. The number of halogens is 1. The summed E-state index contributed by atoms with van der Waals surface area (Å²) in [6.45, 7) is 6.01. The van der Waals surface area contributed by atoms with Crippen LogP contribution in [-0.4, -0.2) is 12.5 Å². The van der Waals surface area contributed by atoms with E-state index < -0.39 is 0 Å². The molecule has 0 aromatic heterocycles. The molecule has 1 aliphatic heterocycles. The van der Waals surface area contributed by atoms with Crippen molar-refractivity contribution in [3.8, 4) is 0 Å². The number of nitrogens with zero attached hydrogens (tertiary/aromatic N) is 1. The lowest BCUT2D eigenvalue weighted by Crippen LogP contribution is -2.53. The molecule has 1 amide bonds. The number of fused-ring (bicyclic) bond motifs is 1. The van der Waals surface area contributed by atoms with Gasteiger partial charge in [-0.1, -0.05) is 12.1 Å². The maximum absolute atomic E-state index is 13.2. The average molecular weight is 393 g/mol. The zero-order valence-electron chi connectivity index (χ0n) is 17.4. The zero-order valence-corrected chi connectivity index (χ0v) is 17.4. The molecular weight excluding hydrogens is 363 g/mol. The van der Waals surface area contributed by atoms with E-state index in [9.17, 15) is 9.18 Å². The molecule has 3 aliphatic carbocycles. The van der Waals surface area contributed by atoms with Crippen molar-refractivity contribution in [2.24, 2.45) is 11.3 Å². The van der Waals surface area contributed by atoms with Crippen molar-refractivity contribution in [3.05, 3.63) is 58.4 Å². The number of rotatable bonds is 5. The second kappa shape index (κ2) is 6.86. The van der Waals surface area contributed by atoms with Crippen LogP contribution in [0.15, 0.2) is 30.3 Å². The minimum Gasteiger partial charge on any atom is -0.367 e. The lowest BCUT2D eigenvalue weighted by atomic mass is 9.43. The van der Waals surface area contributed by atoms with Gasteiger partial charge in [-0.3, -0.25) is 4.79 Å². The maximum Gasteiger partial charge on any atom is 0.224 e. The summed E-state index contributed by atoms with van der Waals surface area (Å²) in [5.74, 6) is 0.883. The molecule has 0 unspecified atom stereocenters. The van der Waals surface area contributed by atoms with Gasteiger partial charge in [0, 0.05) is 30.9 Å². The van der Waals surface area contributed by atoms with Gasteiger partial charge >= 0.3 is 0 Å².